The Bertz CT molecular complexity index is 1650. The third kappa shape index (κ3) is 5.53. The van der Waals surface area contributed by atoms with Gasteiger partial charge in [0.1, 0.15) is 34.4 Å². The molecule has 1 aliphatic heterocycles. The number of thiophene rings is 1. The van der Waals surface area contributed by atoms with Gasteiger partial charge in [0.2, 0.25) is 0 Å². The predicted molar refractivity (Wildman–Crippen MR) is 148 cm³/mol. The van der Waals surface area contributed by atoms with Gasteiger partial charge < -0.3 is 20.1 Å². The minimum atomic E-state index is -0.528. The van der Waals surface area contributed by atoms with Crippen LogP contribution < -0.4 is 16.0 Å². The summed E-state index contributed by atoms with van der Waals surface area (Å²) in [6, 6.07) is 12.4. The number of nitrogens with one attached hydrogen (secondary N) is 3. The first-order chi connectivity index (χ1) is 19.0. The Morgan fingerprint density at radius 1 is 1.28 bits per heavy atom. The van der Waals surface area contributed by atoms with Crippen LogP contribution in [0.25, 0.3) is 21.1 Å². The smallest absolute Gasteiger partial charge is 0.412 e. The zero-order chi connectivity index (χ0) is 26.8. The Balaban J connectivity index is 1.18. The van der Waals surface area contributed by atoms with E-state index in [4.69, 9.17) is 9.47 Å². The van der Waals surface area contributed by atoms with Gasteiger partial charge in [-0.1, -0.05) is 23.5 Å². The van der Waals surface area contributed by atoms with Gasteiger partial charge in [-0.05, 0) is 48.4 Å². The number of fused-ring (bicyclic) bond motifs is 2. The lowest BCUT2D eigenvalue weighted by atomic mass is 10.2. The second-order valence-electron chi connectivity index (χ2n) is 9.24. The van der Waals surface area contributed by atoms with Crippen molar-refractivity contribution < 1.29 is 18.7 Å². The maximum atomic E-state index is 13.6. The number of carbonyl (C=O) groups is 1. The second-order valence-corrected chi connectivity index (χ2v) is 10.2. The predicted octanol–water partition coefficient (Wildman–Crippen LogP) is 4.82. The van der Waals surface area contributed by atoms with Crippen LogP contribution in [0.2, 0.25) is 0 Å². The molecule has 1 fully saturated rings. The Labute approximate surface area is 227 Å². The van der Waals surface area contributed by atoms with Gasteiger partial charge in [-0.15, -0.1) is 0 Å². The number of anilines is 3. The standard InChI is InChI=1S/C27H26FN7O3S/c1-16-23-24(30-15-31-26(23)39-25(16)34-27(36)38-14-21-13-37-8-7-29-21)33-20-5-6-22-18(10-20)11-32-35(22)12-17-3-2-4-19(28)9-17/h2-6,9-11,15,21,29H,7-8,12-14H2,1H3,(H,34,36)(H,30,31,33). The fourth-order valence-corrected chi connectivity index (χ4v) is 5.59. The van der Waals surface area contributed by atoms with Crippen LogP contribution in [0.1, 0.15) is 11.1 Å². The molecule has 5 aromatic rings. The second kappa shape index (κ2) is 10.9. The van der Waals surface area contributed by atoms with E-state index in [0.29, 0.717) is 30.6 Å². The fraction of sp³-hybridized carbons (Fsp3) is 0.259. The van der Waals surface area contributed by atoms with Crippen molar-refractivity contribution in [3.05, 3.63) is 71.9 Å². The lowest BCUT2D eigenvalue weighted by Gasteiger charge is -2.23. The van der Waals surface area contributed by atoms with Crippen molar-refractivity contribution >= 4 is 55.1 Å². The topological polar surface area (TPSA) is 115 Å². The van der Waals surface area contributed by atoms with Crippen molar-refractivity contribution in [1.82, 2.24) is 25.1 Å². The normalized spacial score (nSPS) is 15.5. The average molecular weight is 548 g/mol. The number of hydrogen-bond donors (Lipinski definition) is 3. The zero-order valence-corrected chi connectivity index (χ0v) is 21.9. The first-order valence-electron chi connectivity index (χ1n) is 12.5. The van der Waals surface area contributed by atoms with E-state index in [-0.39, 0.29) is 18.5 Å². The number of morpholine rings is 1. The van der Waals surface area contributed by atoms with Crippen LogP contribution in [-0.2, 0) is 16.0 Å². The van der Waals surface area contributed by atoms with Crippen LogP contribution in [0.3, 0.4) is 0 Å². The Hall–Kier alpha value is -4.13. The molecule has 0 aliphatic carbocycles. The van der Waals surface area contributed by atoms with E-state index < -0.39 is 6.09 Å². The molecule has 1 atom stereocenters. The number of aryl methyl sites for hydroxylation is 1. The van der Waals surface area contributed by atoms with Gasteiger partial charge in [-0.2, -0.15) is 5.10 Å². The monoisotopic (exact) mass is 547 g/mol. The molecule has 1 saturated heterocycles. The molecule has 3 N–H and O–H groups in total. The summed E-state index contributed by atoms with van der Waals surface area (Å²) >= 11 is 1.36. The minimum absolute atomic E-state index is 0.0135. The van der Waals surface area contributed by atoms with E-state index in [1.54, 1.807) is 12.3 Å². The van der Waals surface area contributed by atoms with Crippen molar-refractivity contribution in [2.45, 2.75) is 19.5 Å². The highest BCUT2D eigenvalue weighted by molar-refractivity contribution is 7.22. The summed E-state index contributed by atoms with van der Waals surface area (Å²) in [5.74, 6) is 0.364. The number of carbonyl (C=O) groups excluding carboxylic acids is 1. The molecule has 0 saturated carbocycles. The summed E-state index contributed by atoms with van der Waals surface area (Å²) in [5.41, 5.74) is 3.45. The molecular weight excluding hydrogens is 521 g/mol. The Morgan fingerprint density at radius 2 is 2.21 bits per heavy atom. The molecule has 10 nitrogen and oxygen atoms in total. The number of rotatable bonds is 7. The van der Waals surface area contributed by atoms with E-state index in [1.165, 1.54) is 29.8 Å². The third-order valence-electron chi connectivity index (χ3n) is 6.48. The largest absolute Gasteiger partial charge is 0.448 e. The molecule has 200 valence electrons. The number of benzene rings is 2. The summed E-state index contributed by atoms with van der Waals surface area (Å²) in [5, 5.41) is 16.4. The van der Waals surface area contributed by atoms with E-state index >= 15 is 0 Å². The van der Waals surface area contributed by atoms with Crippen LogP contribution in [0, 0.1) is 12.7 Å². The minimum Gasteiger partial charge on any atom is -0.448 e. The van der Waals surface area contributed by atoms with Gasteiger partial charge in [-0.25, -0.2) is 19.2 Å². The van der Waals surface area contributed by atoms with Gasteiger partial charge in [0.25, 0.3) is 0 Å². The quantitative estimate of drug-likeness (QED) is 0.266. The van der Waals surface area contributed by atoms with E-state index in [0.717, 1.165) is 44.5 Å². The van der Waals surface area contributed by atoms with Crippen molar-refractivity contribution in [3.63, 3.8) is 0 Å². The number of halogens is 1. The Morgan fingerprint density at radius 3 is 3.05 bits per heavy atom. The SMILES string of the molecule is Cc1c(NC(=O)OCC2COCCN2)sc2ncnc(Nc3ccc4c(cnn4Cc4cccc(F)c4)c3)c12. The highest BCUT2D eigenvalue weighted by Gasteiger charge is 2.19. The molecule has 0 spiro atoms. The van der Waals surface area contributed by atoms with Crippen LogP contribution >= 0.6 is 11.3 Å². The van der Waals surface area contributed by atoms with Crippen LogP contribution in [0.4, 0.5) is 25.7 Å². The molecule has 1 unspecified atom stereocenters. The first kappa shape index (κ1) is 25.2. The van der Waals surface area contributed by atoms with E-state index in [1.807, 2.05) is 35.9 Å². The molecule has 1 amide bonds. The summed E-state index contributed by atoms with van der Waals surface area (Å²) in [6.07, 6.45) is 2.75. The van der Waals surface area contributed by atoms with E-state index in [9.17, 15) is 9.18 Å². The van der Waals surface area contributed by atoms with Crippen molar-refractivity contribution in [2.24, 2.45) is 0 Å². The molecule has 12 heteroatoms. The van der Waals surface area contributed by atoms with Gasteiger partial charge in [0.05, 0.1) is 42.9 Å². The third-order valence-corrected chi connectivity index (χ3v) is 7.60. The lowest BCUT2D eigenvalue weighted by molar-refractivity contribution is 0.0494. The average Bonchev–Trinajstić information content (AvgIpc) is 3.48. The summed E-state index contributed by atoms with van der Waals surface area (Å²) < 4.78 is 26.2. The highest BCUT2D eigenvalue weighted by Crippen LogP contribution is 2.38. The number of aromatic nitrogens is 4. The van der Waals surface area contributed by atoms with Gasteiger partial charge in [0, 0.05) is 17.6 Å². The van der Waals surface area contributed by atoms with Gasteiger partial charge in [-0.3, -0.25) is 10.00 Å². The maximum Gasteiger partial charge on any atom is 0.412 e. The first-order valence-corrected chi connectivity index (χ1v) is 13.3. The summed E-state index contributed by atoms with van der Waals surface area (Å²) in [4.78, 5) is 22.1. The maximum absolute atomic E-state index is 13.6. The number of ether oxygens (including phenoxy) is 2. The van der Waals surface area contributed by atoms with Crippen molar-refractivity contribution in [1.29, 1.82) is 0 Å². The molecule has 4 heterocycles. The van der Waals surface area contributed by atoms with Crippen LogP contribution in [0.15, 0.2) is 55.0 Å². The van der Waals surface area contributed by atoms with Crippen LogP contribution in [0.5, 0.6) is 0 Å². The van der Waals surface area contributed by atoms with E-state index in [2.05, 4.69) is 31.0 Å². The zero-order valence-electron chi connectivity index (χ0n) is 21.1. The molecular formula is C27H26FN7O3S. The molecule has 6 rings (SSSR count). The Kier molecular flexibility index (Phi) is 7.05. The fourth-order valence-electron chi connectivity index (χ4n) is 4.55. The van der Waals surface area contributed by atoms with Crippen molar-refractivity contribution in [3.8, 4) is 0 Å². The summed E-state index contributed by atoms with van der Waals surface area (Å²) in [6.45, 7) is 4.53. The highest BCUT2D eigenvalue weighted by atomic mass is 32.1. The molecule has 0 radical (unpaired) electrons. The summed E-state index contributed by atoms with van der Waals surface area (Å²) in [7, 11) is 0. The number of nitrogens with zero attached hydrogens (tertiary/aromatic N) is 4. The molecule has 2 aromatic carbocycles. The van der Waals surface area contributed by atoms with Gasteiger partial charge in [0.15, 0.2) is 0 Å². The number of hydrogen-bond acceptors (Lipinski definition) is 9. The molecule has 39 heavy (non-hydrogen) atoms. The molecule has 1 aliphatic rings. The van der Waals surface area contributed by atoms with Crippen molar-refractivity contribution in [2.75, 3.05) is 37.0 Å². The molecule has 0 bridgehead atoms. The van der Waals surface area contributed by atoms with Crippen LogP contribution in [-0.4, -0.2) is 58.2 Å². The molecule has 3 aromatic heterocycles. The lowest BCUT2D eigenvalue weighted by Crippen LogP contribution is -2.44. The van der Waals surface area contributed by atoms with Gasteiger partial charge >= 0.3 is 6.09 Å². The number of amides is 1.